The Morgan fingerprint density at radius 1 is 1.13 bits per heavy atom. The average molecular weight is 532 g/mol. The molecule has 1 aromatic heterocycles. The zero-order valence-electron chi connectivity index (χ0n) is 22.4. The normalized spacial score (nSPS) is 16.2. The van der Waals surface area contributed by atoms with Gasteiger partial charge >= 0.3 is 6.09 Å². The van der Waals surface area contributed by atoms with Crippen LogP contribution in [0.15, 0.2) is 34.7 Å². The third-order valence-corrected chi connectivity index (χ3v) is 6.29. The standard InChI is InChI=1S/C28H37NO9/c1-18(2)22-17-37-28(33)29(22)27(32)26(34-4)25(31)24-16-21(20-8-5-7-19(3)15-20)23(38-24)9-6-11-35-13-14-36-12-10-30/h5,7-8,15-16,18,22,26,30H,6,9-14,17H2,1-4H3. The molecule has 38 heavy (non-hydrogen) atoms. The first kappa shape index (κ1) is 29.5. The summed E-state index contributed by atoms with van der Waals surface area (Å²) in [5.41, 5.74) is 2.67. The van der Waals surface area contributed by atoms with E-state index in [4.69, 9.17) is 28.5 Å². The Morgan fingerprint density at radius 3 is 2.53 bits per heavy atom. The predicted molar refractivity (Wildman–Crippen MR) is 138 cm³/mol. The summed E-state index contributed by atoms with van der Waals surface area (Å²) < 4.78 is 27.1. The number of aliphatic hydroxyl groups is 1. The predicted octanol–water partition coefficient (Wildman–Crippen LogP) is 3.41. The van der Waals surface area contributed by atoms with Crippen molar-refractivity contribution >= 4 is 17.8 Å². The number of imide groups is 1. The number of benzene rings is 1. The van der Waals surface area contributed by atoms with Crippen LogP contribution in [0.2, 0.25) is 0 Å². The average Bonchev–Trinajstić information content (AvgIpc) is 3.50. The molecule has 1 aromatic carbocycles. The van der Waals surface area contributed by atoms with Gasteiger partial charge in [-0.05, 0) is 30.9 Å². The molecule has 1 saturated heterocycles. The molecule has 1 fully saturated rings. The van der Waals surface area contributed by atoms with Crippen LogP contribution in [-0.4, -0.2) is 86.7 Å². The van der Waals surface area contributed by atoms with Gasteiger partial charge in [0.2, 0.25) is 11.9 Å². The number of carbonyl (C=O) groups excluding carboxylic acids is 3. The minimum Gasteiger partial charge on any atom is -0.457 e. The Hall–Kier alpha value is -3.05. The summed E-state index contributed by atoms with van der Waals surface area (Å²) in [4.78, 5) is 40.0. The van der Waals surface area contributed by atoms with Gasteiger partial charge in [0.05, 0.1) is 32.5 Å². The van der Waals surface area contributed by atoms with Gasteiger partial charge in [-0.1, -0.05) is 43.7 Å². The highest BCUT2D eigenvalue weighted by molar-refractivity contribution is 6.14. The fraction of sp³-hybridized carbons (Fsp3) is 0.536. The summed E-state index contributed by atoms with van der Waals surface area (Å²) in [6.45, 7) is 7.28. The summed E-state index contributed by atoms with van der Waals surface area (Å²) in [5.74, 6) is -0.932. The van der Waals surface area contributed by atoms with Crippen LogP contribution in [0.5, 0.6) is 0 Å². The lowest BCUT2D eigenvalue weighted by atomic mass is 10.0. The van der Waals surface area contributed by atoms with Crippen LogP contribution in [0.25, 0.3) is 11.1 Å². The molecule has 208 valence electrons. The number of hydrogen-bond donors (Lipinski definition) is 1. The smallest absolute Gasteiger partial charge is 0.417 e. The quantitative estimate of drug-likeness (QED) is 0.209. The van der Waals surface area contributed by atoms with E-state index in [9.17, 15) is 14.4 Å². The first-order valence-corrected chi connectivity index (χ1v) is 12.8. The van der Waals surface area contributed by atoms with Crippen molar-refractivity contribution in [3.8, 4) is 11.1 Å². The Labute approximate surface area is 222 Å². The van der Waals surface area contributed by atoms with Crippen LogP contribution >= 0.6 is 0 Å². The number of ether oxygens (including phenoxy) is 4. The summed E-state index contributed by atoms with van der Waals surface area (Å²) in [7, 11) is 1.25. The van der Waals surface area contributed by atoms with Crippen molar-refractivity contribution in [3.63, 3.8) is 0 Å². The van der Waals surface area contributed by atoms with Crippen LogP contribution < -0.4 is 0 Å². The highest BCUT2D eigenvalue weighted by Crippen LogP contribution is 2.31. The minimum atomic E-state index is -1.55. The lowest BCUT2D eigenvalue weighted by molar-refractivity contribution is -0.137. The second-order valence-electron chi connectivity index (χ2n) is 9.45. The van der Waals surface area contributed by atoms with Gasteiger partial charge in [-0.2, -0.15) is 0 Å². The molecule has 3 rings (SSSR count). The molecule has 1 aliphatic rings. The third-order valence-electron chi connectivity index (χ3n) is 6.29. The minimum absolute atomic E-state index is 0.0244. The van der Waals surface area contributed by atoms with Gasteiger partial charge in [-0.3, -0.25) is 9.59 Å². The maximum absolute atomic E-state index is 13.4. The van der Waals surface area contributed by atoms with Crippen molar-refractivity contribution in [2.75, 3.05) is 46.8 Å². The number of Topliss-reactive ketones (excluding diaryl/α,β-unsaturated/α-hetero) is 1. The first-order valence-electron chi connectivity index (χ1n) is 12.8. The molecular weight excluding hydrogens is 494 g/mol. The number of aryl methyl sites for hydroxylation is 2. The number of ketones is 1. The summed E-state index contributed by atoms with van der Waals surface area (Å²) in [6, 6.07) is 8.95. The van der Waals surface area contributed by atoms with E-state index < -0.39 is 29.9 Å². The fourth-order valence-electron chi connectivity index (χ4n) is 4.27. The number of cyclic esters (lactones) is 1. The van der Waals surface area contributed by atoms with E-state index in [-0.39, 0.29) is 31.5 Å². The van der Waals surface area contributed by atoms with Crippen molar-refractivity contribution < 1.29 is 42.9 Å². The van der Waals surface area contributed by atoms with Gasteiger partial charge < -0.3 is 28.5 Å². The molecule has 1 N–H and O–H groups in total. The summed E-state index contributed by atoms with van der Waals surface area (Å²) >= 11 is 0. The van der Waals surface area contributed by atoms with Gasteiger partial charge in [0.25, 0.3) is 5.91 Å². The molecule has 0 spiro atoms. The zero-order valence-corrected chi connectivity index (χ0v) is 22.4. The van der Waals surface area contributed by atoms with E-state index in [1.54, 1.807) is 6.07 Å². The van der Waals surface area contributed by atoms with Crippen molar-refractivity contribution in [3.05, 3.63) is 47.4 Å². The highest BCUT2D eigenvalue weighted by atomic mass is 16.6. The summed E-state index contributed by atoms with van der Waals surface area (Å²) in [6.07, 6.45) is -1.21. The lowest BCUT2D eigenvalue weighted by Crippen LogP contribution is -2.49. The Bertz CT molecular complexity index is 1090. The maximum atomic E-state index is 13.4. The zero-order chi connectivity index (χ0) is 27.7. The number of hydrogen-bond acceptors (Lipinski definition) is 9. The summed E-state index contributed by atoms with van der Waals surface area (Å²) in [5, 5.41) is 8.74. The molecule has 10 heteroatoms. The van der Waals surface area contributed by atoms with E-state index in [1.807, 2.05) is 45.0 Å². The molecule has 2 unspecified atom stereocenters. The van der Waals surface area contributed by atoms with Crippen LogP contribution in [0.3, 0.4) is 0 Å². The van der Waals surface area contributed by atoms with Crippen LogP contribution in [0, 0.1) is 12.8 Å². The molecular formula is C28H37NO9. The van der Waals surface area contributed by atoms with Gasteiger partial charge in [-0.15, -0.1) is 0 Å². The van der Waals surface area contributed by atoms with Crippen molar-refractivity contribution in [1.29, 1.82) is 0 Å². The van der Waals surface area contributed by atoms with Crippen LogP contribution in [0.1, 0.15) is 42.1 Å². The van der Waals surface area contributed by atoms with Gasteiger partial charge in [-0.25, -0.2) is 9.69 Å². The number of amides is 2. The number of carbonyl (C=O) groups is 3. The molecule has 2 aromatic rings. The van der Waals surface area contributed by atoms with E-state index in [0.29, 0.717) is 38.4 Å². The van der Waals surface area contributed by atoms with Gasteiger partial charge in [0.15, 0.2) is 5.76 Å². The van der Waals surface area contributed by atoms with Crippen molar-refractivity contribution in [2.45, 2.75) is 45.8 Å². The molecule has 10 nitrogen and oxygen atoms in total. The molecule has 2 amide bonds. The van der Waals surface area contributed by atoms with E-state index in [2.05, 4.69) is 0 Å². The molecule has 0 radical (unpaired) electrons. The van der Waals surface area contributed by atoms with Crippen molar-refractivity contribution in [1.82, 2.24) is 4.90 Å². The Balaban J connectivity index is 1.78. The third kappa shape index (κ3) is 7.28. The highest BCUT2D eigenvalue weighted by Gasteiger charge is 2.45. The van der Waals surface area contributed by atoms with E-state index in [1.165, 1.54) is 7.11 Å². The molecule has 1 aliphatic heterocycles. The number of aliphatic hydroxyl groups excluding tert-OH is 1. The van der Waals surface area contributed by atoms with Crippen LogP contribution in [0.4, 0.5) is 4.79 Å². The van der Waals surface area contributed by atoms with E-state index in [0.717, 1.165) is 21.6 Å². The molecule has 0 saturated carbocycles. The molecule has 2 atom stereocenters. The molecule has 0 aliphatic carbocycles. The largest absolute Gasteiger partial charge is 0.457 e. The topological polar surface area (TPSA) is 125 Å². The van der Waals surface area contributed by atoms with Crippen molar-refractivity contribution in [2.24, 2.45) is 5.92 Å². The van der Waals surface area contributed by atoms with E-state index >= 15 is 0 Å². The monoisotopic (exact) mass is 531 g/mol. The second-order valence-corrected chi connectivity index (χ2v) is 9.45. The SMILES string of the molecule is COC(C(=O)c1cc(-c2cccc(C)c2)c(CCCOCCOCCO)o1)C(=O)N1C(=O)OCC1C(C)C. The number of rotatable bonds is 15. The van der Waals surface area contributed by atoms with Gasteiger partial charge in [0, 0.05) is 25.7 Å². The maximum Gasteiger partial charge on any atom is 0.417 e. The number of furan rings is 1. The second kappa shape index (κ2) is 14.2. The Kier molecular flexibility index (Phi) is 11.0. The van der Waals surface area contributed by atoms with Gasteiger partial charge in [0.1, 0.15) is 12.4 Å². The van der Waals surface area contributed by atoms with Crippen LogP contribution in [-0.2, 0) is 30.2 Å². The first-order chi connectivity index (χ1) is 18.3. The molecule has 0 bridgehead atoms. The Morgan fingerprint density at radius 2 is 1.87 bits per heavy atom. The molecule has 2 heterocycles. The number of nitrogens with zero attached hydrogens (tertiary/aromatic N) is 1. The lowest BCUT2D eigenvalue weighted by Gasteiger charge is -2.25. The number of methoxy groups -OCH3 is 1. The fourth-order valence-corrected chi connectivity index (χ4v) is 4.27.